The molecule has 0 heterocycles. The van der Waals surface area contributed by atoms with E-state index in [-0.39, 0.29) is 13.2 Å². The number of benzene rings is 2. The van der Waals surface area contributed by atoms with Gasteiger partial charge in [-0.05, 0) is 43.5 Å². The SMILES string of the molecule is CCNC(=NCC(O)COc1cccc(C)c1)NCCc1ccccc1. The highest BCUT2D eigenvalue weighted by Crippen LogP contribution is 2.12. The number of hydrogen-bond donors (Lipinski definition) is 3. The largest absolute Gasteiger partial charge is 0.491 e. The zero-order valence-electron chi connectivity index (χ0n) is 15.6. The van der Waals surface area contributed by atoms with Crippen LogP contribution in [0.5, 0.6) is 5.75 Å². The Hall–Kier alpha value is -2.53. The second-order valence-corrected chi connectivity index (χ2v) is 6.16. The molecule has 0 radical (unpaired) electrons. The minimum absolute atomic E-state index is 0.219. The molecule has 2 aromatic rings. The number of hydrogen-bond acceptors (Lipinski definition) is 3. The summed E-state index contributed by atoms with van der Waals surface area (Å²) in [5, 5.41) is 16.6. The highest BCUT2D eigenvalue weighted by molar-refractivity contribution is 5.79. The van der Waals surface area contributed by atoms with Crippen molar-refractivity contribution in [3.63, 3.8) is 0 Å². The van der Waals surface area contributed by atoms with Gasteiger partial charge in [-0.2, -0.15) is 0 Å². The van der Waals surface area contributed by atoms with Crippen molar-refractivity contribution in [1.82, 2.24) is 10.6 Å². The summed E-state index contributed by atoms with van der Waals surface area (Å²) in [6.45, 7) is 6.09. The zero-order chi connectivity index (χ0) is 18.6. The summed E-state index contributed by atoms with van der Waals surface area (Å²) in [5.74, 6) is 1.47. The second kappa shape index (κ2) is 11.2. The van der Waals surface area contributed by atoms with E-state index >= 15 is 0 Å². The lowest BCUT2D eigenvalue weighted by atomic mass is 10.1. The Bertz CT molecular complexity index is 674. The number of aryl methyl sites for hydroxylation is 1. The summed E-state index contributed by atoms with van der Waals surface area (Å²) in [7, 11) is 0. The van der Waals surface area contributed by atoms with E-state index < -0.39 is 6.10 Å². The van der Waals surface area contributed by atoms with Crippen molar-refractivity contribution in [2.75, 3.05) is 26.2 Å². The van der Waals surface area contributed by atoms with E-state index in [0.29, 0.717) is 5.96 Å². The zero-order valence-corrected chi connectivity index (χ0v) is 15.6. The normalized spacial score (nSPS) is 12.5. The summed E-state index contributed by atoms with van der Waals surface area (Å²) in [6, 6.07) is 18.1. The monoisotopic (exact) mass is 355 g/mol. The molecule has 2 rings (SSSR count). The number of rotatable bonds is 9. The molecular weight excluding hydrogens is 326 g/mol. The number of guanidine groups is 1. The van der Waals surface area contributed by atoms with Crippen molar-refractivity contribution in [3.8, 4) is 5.75 Å². The summed E-state index contributed by atoms with van der Waals surface area (Å²) in [4.78, 5) is 4.44. The van der Waals surface area contributed by atoms with E-state index in [0.717, 1.165) is 30.8 Å². The first-order valence-corrected chi connectivity index (χ1v) is 9.11. The lowest BCUT2D eigenvalue weighted by molar-refractivity contribution is 0.114. The molecule has 5 nitrogen and oxygen atoms in total. The molecule has 0 bridgehead atoms. The fourth-order valence-corrected chi connectivity index (χ4v) is 2.46. The van der Waals surface area contributed by atoms with Crippen molar-refractivity contribution in [3.05, 3.63) is 65.7 Å². The molecule has 0 spiro atoms. The van der Waals surface area contributed by atoms with Crippen molar-refractivity contribution < 1.29 is 9.84 Å². The Kier molecular flexibility index (Phi) is 8.49. The van der Waals surface area contributed by atoms with Gasteiger partial charge in [-0.3, -0.25) is 4.99 Å². The third-order valence-electron chi connectivity index (χ3n) is 3.79. The van der Waals surface area contributed by atoms with Crippen molar-refractivity contribution in [2.24, 2.45) is 4.99 Å². The first-order chi connectivity index (χ1) is 12.7. The van der Waals surface area contributed by atoms with Gasteiger partial charge in [-0.25, -0.2) is 0 Å². The van der Waals surface area contributed by atoms with Gasteiger partial charge in [0.05, 0.1) is 6.54 Å². The number of nitrogens with one attached hydrogen (secondary N) is 2. The first-order valence-electron chi connectivity index (χ1n) is 9.11. The van der Waals surface area contributed by atoms with Gasteiger partial charge in [-0.15, -0.1) is 0 Å². The number of aliphatic hydroxyl groups is 1. The minimum Gasteiger partial charge on any atom is -0.491 e. The third-order valence-corrected chi connectivity index (χ3v) is 3.79. The van der Waals surface area contributed by atoms with Crippen molar-refractivity contribution >= 4 is 5.96 Å². The van der Waals surface area contributed by atoms with Crippen LogP contribution in [0.1, 0.15) is 18.1 Å². The van der Waals surface area contributed by atoms with Gasteiger partial charge < -0.3 is 20.5 Å². The van der Waals surface area contributed by atoms with Gasteiger partial charge in [0.15, 0.2) is 5.96 Å². The van der Waals surface area contributed by atoms with Gasteiger partial charge in [0, 0.05) is 13.1 Å². The molecule has 1 unspecified atom stereocenters. The smallest absolute Gasteiger partial charge is 0.191 e. The lowest BCUT2D eigenvalue weighted by Crippen LogP contribution is -2.39. The first kappa shape index (κ1) is 19.8. The third kappa shape index (κ3) is 7.57. The molecule has 3 N–H and O–H groups in total. The molecule has 1 atom stereocenters. The van der Waals surface area contributed by atoms with Crippen LogP contribution < -0.4 is 15.4 Å². The summed E-state index contributed by atoms with van der Waals surface area (Å²) in [6.07, 6.45) is 0.268. The van der Waals surface area contributed by atoms with E-state index in [9.17, 15) is 5.11 Å². The summed E-state index contributed by atoms with van der Waals surface area (Å²) >= 11 is 0. The minimum atomic E-state index is -0.653. The maximum Gasteiger partial charge on any atom is 0.191 e. The van der Waals surface area contributed by atoms with Crippen LogP contribution in [0.4, 0.5) is 0 Å². The highest BCUT2D eigenvalue weighted by atomic mass is 16.5. The molecule has 0 amide bonds. The van der Waals surface area contributed by atoms with Crippen LogP contribution >= 0.6 is 0 Å². The quantitative estimate of drug-likeness (QED) is 0.478. The van der Waals surface area contributed by atoms with E-state index in [2.05, 4.69) is 27.8 Å². The standard InChI is InChI=1S/C21H29N3O2/c1-3-22-21(23-13-12-18-9-5-4-6-10-18)24-15-19(25)16-26-20-11-7-8-17(2)14-20/h4-11,14,19,25H,3,12-13,15-16H2,1-2H3,(H2,22,23,24). The van der Waals surface area contributed by atoms with E-state index in [1.165, 1.54) is 5.56 Å². The Morgan fingerprint density at radius 1 is 1.12 bits per heavy atom. The molecule has 0 aliphatic heterocycles. The lowest BCUT2D eigenvalue weighted by Gasteiger charge is -2.14. The average molecular weight is 355 g/mol. The number of nitrogens with zero attached hydrogens (tertiary/aromatic N) is 1. The van der Waals surface area contributed by atoms with Gasteiger partial charge in [0.1, 0.15) is 18.5 Å². The Balaban J connectivity index is 1.75. The molecule has 0 saturated carbocycles. The molecule has 0 aliphatic rings. The fourth-order valence-electron chi connectivity index (χ4n) is 2.46. The predicted octanol–water partition coefficient (Wildman–Crippen LogP) is 2.53. The Morgan fingerprint density at radius 3 is 2.65 bits per heavy atom. The number of aliphatic imine (C=N–C) groups is 1. The number of aliphatic hydroxyl groups excluding tert-OH is 1. The topological polar surface area (TPSA) is 65.9 Å². The maximum atomic E-state index is 10.1. The fraction of sp³-hybridized carbons (Fsp3) is 0.381. The summed E-state index contributed by atoms with van der Waals surface area (Å²) < 4.78 is 5.62. The van der Waals surface area contributed by atoms with Crippen molar-refractivity contribution in [1.29, 1.82) is 0 Å². The molecular formula is C21H29N3O2. The van der Waals surface area contributed by atoms with Gasteiger partial charge in [-0.1, -0.05) is 42.5 Å². The highest BCUT2D eigenvalue weighted by Gasteiger charge is 2.06. The van der Waals surface area contributed by atoms with E-state index in [1.807, 2.05) is 56.3 Å². The predicted molar refractivity (Wildman–Crippen MR) is 107 cm³/mol. The van der Waals surface area contributed by atoms with Crippen LogP contribution in [0, 0.1) is 6.92 Å². The summed E-state index contributed by atoms with van der Waals surface area (Å²) in [5.41, 5.74) is 2.41. The van der Waals surface area contributed by atoms with Crippen LogP contribution in [0.25, 0.3) is 0 Å². The molecule has 0 fully saturated rings. The van der Waals surface area contributed by atoms with E-state index in [4.69, 9.17) is 4.74 Å². The Labute approximate surface area is 156 Å². The molecule has 2 aromatic carbocycles. The second-order valence-electron chi connectivity index (χ2n) is 6.16. The molecule has 26 heavy (non-hydrogen) atoms. The van der Waals surface area contributed by atoms with Crippen LogP contribution in [0.15, 0.2) is 59.6 Å². The maximum absolute atomic E-state index is 10.1. The molecule has 0 aromatic heterocycles. The Morgan fingerprint density at radius 2 is 1.92 bits per heavy atom. The van der Waals surface area contributed by atoms with Crippen LogP contribution in [-0.2, 0) is 6.42 Å². The molecule has 0 saturated heterocycles. The van der Waals surface area contributed by atoms with Crippen molar-refractivity contribution in [2.45, 2.75) is 26.4 Å². The number of ether oxygens (including phenoxy) is 1. The van der Waals surface area contributed by atoms with Crippen LogP contribution in [-0.4, -0.2) is 43.4 Å². The van der Waals surface area contributed by atoms with Gasteiger partial charge >= 0.3 is 0 Å². The average Bonchev–Trinajstić information content (AvgIpc) is 2.65. The van der Waals surface area contributed by atoms with E-state index in [1.54, 1.807) is 0 Å². The van der Waals surface area contributed by atoms with Crippen LogP contribution in [0.3, 0.4) is 0 Å². The van der Waals surface area contributed by atoms with Crippen LogP contribution in [0.2, 0.25) is 0 Å². The van der Waals surface area contributed by atoms with Gasteiger partial charge in [0.2, 0.25) is 0 Å². The molecule has 5 heteroatoms. The molecule has 140 valence electrons. The van der Waals surface area contributed by atoms with Gasteiger partial charge in [0.25, 0.3) is 0 Å². The molecule has 0 aliphatic carbocycles.